The van der Waals surface area contributed by atoms with Gasteiger partial charge in [-0.3, -0.25) is 4.79 Å². The molecule has 0 saturated carbocycles. The van der Waals surface area contributed by atoms with Gasteiger partial charge in [0.15, 0.2) is 0 Å². The SMILES string of the molecule is CCCOc1ccc(/C=C/C(=O)NC2CCCNC2)cc1. The molecule has 0 aliphatic carbocycles. The Hall–Kier alpha value is -1.81. The fourth-order valence-corrected chi connectivity index (χ4v) is 2.29. The Labute approximate surface area is 126 Å². The predicted molar refractivity (Wildman–Crippen MR) is 85.3 cm³/mol. The fraction of sp³-hybridized carbons (Fsp3) is 0.471. The molecule has 1 aromatic carbocycles. The summed E-state index contributed by atoms with van der Waals surface area (Å²) in [5.41, 5.74) is 0.996. The summed E-state index contributed by atoms with van der Waals surface area (Å²) in [4.78, 5) is 11.8. The molecule has 114 valence electrons. The van der Waals surface area contributed by atoms with Gasteiger partial charge in [0.05, 0.1) is 6.61 Å². The van der Waals surface area contributed by atoms with Crippen molar-refractivity contribution in [2.75, 3.05) is 19.7 Å². The van der Waals surface area contributed by atoms with E-state index in [0.717, 1.165) is 50.3 Å². The van der Waals surface area contributed by atoms with Crippen molar-refractivity contribution in [3.63, 3.8) is 0 Å². The number of carbonyl (C=O) groups is 1. The van der Waals surface area contributed by atoms with Gasteiger partial charge in [-0.05, 0) is 49.6 Å². The number of amides is 1. The lowest BCUT2D eigenvalue weighted by Crippen LogP contribution is -2.45. The summed E-state index contributed by atoms with van der Waals surface area (Å²) in [6, 6.07) is 8.02. The van der Waals surface area contributed by atoms with Crippen molar-refractivity contribution in [1.29, 1.82) is 0 Å². The lowest BCUT2D eigenvalue weighted by Gasteiger charge is -2.23. The molecule has 1 fully saturated rings. The minimum absolute atomic E-state index is 0.0324. The van der Waals surface area contributed by atoms with Crippen molar-refractivity contribution in [3.05, 3.63) is 35.9 Å². The number of rotatable bonds is 6. The van der Waals surface area contributed by atoms with Crippen LogP contribution in [0.1, 0.15) is 31.7 Å². The van der Waals surface area contributed by atoms with E-state index < -0.39 is 0 Å². The Morgan fingerprint density at radius 1 is 1.43 bits per heavy atom. The molecule has 0 aromatic heterocycles. The van der Waals surface area contributed by atoms with Crippen LogP contribution in [0, 0.1) is 0 Å². The fourth-order valence-electron chi connectivity index (χ4n) is 2.29. The van der Waals surface area contributed by atoms with Gasteiger partial charge < -0.3 is 15.4 Å². The lowest BCUT2D eigenvalue weighted by molar-refractivity contribution is -0.117. The molecule has 1 saturated heterocycles. The van der Waals surface area contributed by atoms with Crippen LogP contribution in [0.5, 0.6) is 5.75 Å². The van der Waals surface area contributed by atoms with E-state index in [1.165, 1.54) is 0 Å². The zero-order valence-electron chi connectivity index (χ0n) is 12.6. The number of hydrogen-bond acceptors (Lipinski definition) is 3. The third-order valence-electron chi connectivity index (χ3n) is 3.42. The minimum atomic E-state index is -0.0324. The molecule has 2 N–H and O–H groups in total. The lowest BCUT2D eigenvalue weighted by atomic mass is 10.1. The molecule has 1 atom stereocenters. The number of nitrogens with one attached hydrogen (secondary N) is 2. The Morgan fingerprint density at radius 3 is 2.90 bits per heavy atom. The zero-order valence-corrected chi connectivity index (χ0v) is 12.6. The number of carbonyl (C=O) groups excluding carboxylic acids is 1. The van der Waals surface area contributed by atoms with E-state index in [2.05, 4.69) is 17.6 Å². The summed E-state index contributed by atoms with van der Waals surface area (Å²) in [5.74, 6) is 0.835. The molecular formula is C17H24N2O2. The van der Waals surface area contributed by atoms with Crippen LogP contribution in [0.3, 0.4) is 0 Å². The van der Waals surface area contributed by atoms with Gasteiger partial charge in [0.25, 0.3) is 0 Å². The highest BCUT2D eigenvalue weighted by atomic mass is 16.5. The molecule has 21 heavy (non-hydrogen) atoms. The maximum atomic E-state index is 11.8. The maximum absolute atomic E-state index is 11.8. The van der Waals surface area contributed by atoms with E-state index in [0.29, 0.717) is 0 Å². The topological polar surface area (TPSA) is 50.4 Å². The summed E-state index contributed by atoms with van der Waals surface area (Å²) in [6.45, 7) is 4.72. The summed E-state index contributed by atoms with van der Waals surface area (Å²) in [5, 5.41) is 6.30. The van der Waals surface area contributed by atoms with Crippen molar-refractivity contribution in [1.82, 2.24) is 10.6 Å². The molecule has 1 aliphatic heterocycles. The highest BCUT2D eigenvalue weighted by Gasteiger charge is 2.13. The second kappa shape index (κ2) is 8.47. The molecule has 0 bridgehead atoms. The molecule has 0 spiro atoms. The standard InChI is InChI=1S/C17H24N2O2/c1-2-12-21-16-8-5-14(6-9-16)7-10-17(20)19-15-4-3-11-18-13-15/h5-10,15,18H,2-4,11-13H2,1H3,(H,19,20)/b10-7+. The largest absolute Gasteiger partial charge is 0.494 e. The highest BCUT2D eigenvalue weighted by Crippen LogP contribution is 2.13. The molecule has 4 nitrogen and oxygen atoms in total. The molecular weight excluding hydrogens is 264 g/mol. The van der Waals surface area contributed by atoms with Crippen LogP contribution >= 0.6 is 0 Å². The van der Waals surface area contributed by atoms with E-state index >= 15 is 0 Å². The predicted octanol–water partition coefficient (Wildman–Crippen LogP) is 2.36. The average Bonchev–Trinajstić information content (AvgIpc) is 2.53. The molecule has 1 heterocycles. The van der Waals surface area contributed by atoms with Gasteiger partial charge >= 0.3 is 0 Å². The van der Waals surface area contributed by atoms with Crippen LogP contribution in [0.2, 0.25) is 0 Å². The Kier molecular flexibility index (Phi) is 6.28. The van der Waals surface area contributed by atoms with Gasteiger partial charge in [-0.25, -0.2) is 0 Å². The summed E-state index contributed by atoms with van der Waals surface area (Å²) in [7, 11) is 0. The van der Waals surface area contributed by atoms with Crippen molar-refractivity contribution in [2.45, 2.75) is 32.2 Å². The number of hydrogen-bond donors (Lipinski definition) is 2. The molecule has 1 unspecified atom stereocenters. The summed E-state index contributed by atoms with van der Waals surface area (Å²) < 4.78 is 5.53. The number of benzene rings is 1. The summed E-state index contributed by atoms with van der Waals surface area (Å²) in [6.07, 6.45) is 6.59. The maximum Gasteiger partial charge on any atom is 0.244 e. The quantitative estimate of drug-likeness (QED) is 0.790. The van der Waals surface area contributed by atoms with E-state index in [1.54, 1.807) is 6.08 Å². The monoisotopic (exact) mass is 288 g/mol. The van der Waals surface area contributed by atoms with Crippen LogP contribution in [0.25, 0.3) is 6.08 Å². The Balaban J connectivity index is 1.80. The molecule has 1 amide bonds. The van der Waals surface area contributed by atoms with E-state index in [-0.39, 0.29) is 11.9 Å². The smallest absolute Gasteiger partial charge is 0.244 e. The van der Waals surface area contributed by atoms with Crippen molar-refractivity contribution in [2.24, 2.45) is 0 Å². The third kappa shape index (κ3) is 5.60. The Bertz CT molecular complexity index is 462. The van der Waals surface area contributed by atoms with Crippen LogP contribution < -0.4 is 15.4 Å². The highest BCUT2D eigenvalue weighted by molar-refractivity contribution is 5.91. The first-order valence-electron chi connectivity index (χ1n) is 7.70. The summed E-state index contributed by atoms with van der Waals surface area (Å²) >= 11 is 0. The second-order valence-electron chi connectivity index (χ2n) is 5.30. The van der Waals surface area contributed by atoms with E-state index in [1.807, 2.05) is 30.3 Å². The first-order valence-corrected chi connectivity index (χ1v) is 7.70. The minimum Gasteiger partial charge on any atom is -0.494 e. The number of ether oxygens (including phenoxy) is 1. The van der Waals surface area contributed by atoms with Crippen molar-refractivity contribution < 1.29 is 9.53 Å². The molecule has 2 rings (SSSR count). The normalized spacial score (nSPS) is 18.6. The van der Waals surface area contributed by atoms with Crippen LogP contribution in [0.4, 0.5) is 0 Å². The first-order chi connectivity index (χ1) is 10.3. The van der Waals surface area contributed by atoms with Gasteiger partial charge in [0.2, 0.25) is 5.91 Å². The Morgan fingerprint density at radius 2 is 2.24 bits per heavy atom. The average molecular weight is 288 g/mol. The molecule has 1 aromatic rings. The van der Waals surface area contributed by atoms with E-state index in [4.69, 9.17) is 4.74 Å². The zero-order chi connectivity index (χ0) is 14.9. The number of piperidine rings is 1. The van der Waals surface area contributed by atoms with Gasteiger partial charge in [0, 0.05) is 18.7 Å². The molecule has 4 heteroatoms. The first kappa shape index (κ1) is 15.6. The second-order valence-corrected chi connectivity index (χ2v) is 5.30. The van der Waals surface area contributed by atoms with Gasteiger partial charge in [-0.15, -0.1) is 0 Å². The third-order valence-corrected chi connectivity index (χ3v) is 3.42. The van der Waals surface area contributed by atoms with Gasteiger partial charge in [-0.1, -0.05) is 19.1 Å². The van der Waals surface area contributed by atoms with Crippen LogP contribution in [-0.4, -0.2) is 31.6 Å². The van der Waals surface area contributed by atoms with Crippen LogP contribution in [-0.2, 0) is 4.79 Å². The van der Waals surface area contributed by atoms with Crippen LogP contribution in [0.15, 0.2) is 30.3 Å². The van der Waals surface area contributed by atoms with Crippen molar-refractivity contribution in [3.8, 4) is 5.75 Å². The van der Waals surface area contributed by atoms with Crippen molar-refractivity contribution >= 4 is 12.0 Å². The molecule has 0 radical (unpaired) electrons. The van der Waals surface area contributed by atoms with Gasteiger partial charge in [-0.2, -0.15) is 0 Å². The van der Waals surface area contributed by atoms with E-state index in [9.17, 15) is 4.79 Å². The van der Waals surface area contributed by atoms with Gasteiger partial charge in [0.1, 0.15) is 5.75 Å². The molecule has 1 aliphatic rings.